The molecule has 1 N–H and O–H groups in total. The summed E-state index contributed by atoms with van der Waals surface area (Å²) >= 11 is 6.03. The molecule has 0 bridgehead atoms. The van der Waals surface area contributed by atoms with E-state index in [1.807, 2.05) is 30.1 Å². The highest BCUT2D eigenvalue weighted by molar-refractivity contribution is 14.0. The van der Waals surface area contributed by atoms with Crippen molar-refractivity contribution in [3.63, 3.8) is 0 Å². The number of guanidine groups is 1. The van der Waals surface area contributed by atoms with E-state index in [1.165, 1.54) is 24.8 Å². The van der Waals surface area contributed by atoms with E-state index in [2.05, 4.69) is 27.6 Å². The Kier molecular flexibility index (Phi) is 7.13. The molecule has 0 radical (unpaired) electrons. The largest absolute Gasteiger partial charge is 0.364 e. The van der Waals surface area contributed by atoms with Crippen LogP contribution in [-0.4, -0.2) is 36.7 Å². The van der Waals surface area contributed by atoms with Gasteiger partial charge >= 0.3 is 0 Å². The van der Waals surface area contributed by atoms with Crippen LogP contribution in [0.3, 0.4) is 0 Å². The second-order valence-electron chi connectivity index (χ2n) is 6.39. The first-order chi connectivity index (χ1) is 11.6. The molecule has 1 heterocycles. The first kappa shape index (κ1) is 20.0. The lowest BCUT2D eigenvalue weighted by Gasteiger charge is -2.43. The van der Waals surface area contributed by atoms with Crippen LogP contribution in [-0.2, 0) is 12.0 Å². The molecule has 136 valence electrons. The highest BCUT2D eigenvalue weighted by atomic mass is 127. The van der Waals surface area contributed by atoms with Gasteiger partial charge in [-0.2, -0.15) is 0 Å². The van der Waals surface area contributed by atoms with Gasteiger partial charge in [-0.3, -0.25) is 4.99 Å². The van der Waals surface area contributed by atoms with Crippen LogP contribution in [0.15, 0.2) is 46.1 Å². The van der Waals surface area contributed by atoms with Gasteiger partial charge in [0, 0.05) is 37.1 Å². The number of aliphatic imine (C=N–C) groups is 1. The quantitative estimate of drug-likeness (QED) is 0.403. The van der Waals surface area contributed by atoms with Crippen LogP contribution in [0.1, 0.15) is 30.5 Å². The molecule has 0 aliphatic heterocycles. The van der Waals surface area contributed by atoms with Crippen LogP contribution in [0.5, 0.6) is 0 Å². The predicted molar refractivity (Wildman–Crippen MR) is 112 cm³/mol. The molecular formula is C18H24ClIN4O. The Labute approximate surface area is 170 Å². The average Bonchev–Trinajstić information content (AvgIpc) is 3.04. The van der Waals surface area contributed by atoms with Gasteiger partial charge in [0.15, 0.2) is 5.96 Å². The minimum Gasteiger partial charge on any atom is -0.364 e. The average molecular weight is 475 g/mol. The second-order valence-corrected chi connectivity index (χ2v) is 6.82. The van der Waals surface area contributed by atoms with Gasteiger partial charge in [-0.15, -0.1) is 24.0 Å². The summed E-state index contributed by atoms with van der Waals surface area (Å²) in [6.07, 6.45) is 5.22. The SMILES string of the molecule is CN=C(NCC1(c2ccc(Cl)cc2)CCC1)N(C)Cc1ccon1.I. The Hall–Kier alpha value is -1.28. The molecule has 1 aromatic heterocycles. The minimum absolute atomic E-state index is 0. The molecule has 3 rings (SSSR count). The molecule has 1 saturated carbocycles. The number of nitrogens with one attached hydrogen (secondary N) is 1. The van der Waals surface area contributed by atoms with Crippen molar-refractivity contribution < 1.29 is 4.52 Å². The van der Waals surface area contributed by atoms with E-state index in [9.17, 15) is 0 Å². The van der Waals surface area contributed by atoms with Crippen molar-refractivity contribution in [2.24, 2.45) is 4.99 Å². The van der Waals surface area contributed by atoms with Crippen LogP contribution < -0.4 is 5.32 Å². The molecule has 5 nitrogen and oxygen atoms in total. The lowest BCUT2D eigenvalue weighted by Crippen LogP contribution is -2.49. The van der Waals surface area contributed by atoms with Crippen LogP contribution in [0.2, 0.25) is 5.02 Å². The Morgan fingerprint density at radius 3 is 2.56 bits per heavy atom. The maximum atomic E-state index is 6.03. The van der Waals surface area contributed by atoms with Crippen molar-refractivity contribution in [1.82, 2.24) is 15.4 Å². The molecule has 0 spiro atoms. The Balaban J connectivity index is 0.00000225. The highest BCUT2D eigenvalue weighted by Gasteiger charge is 2.38. The molecule has 1 aliphatic rings. The molecule has 0 atom stereocenters. The van der Waals surface area contributed by atoms with E-state index >= 15 is 0 Å². The van der Waals surface area contributed by atoms with E-state index in [0.717, 1.165) is 23.2 Å². The Morgan fingerprint density at radius 1 is 1.32 bits per heavy atom. The Morgan fingerprint density at radius 2 is 2.04 bits per heavy atom. The fraction of sp³-hybridized carbons (Fsp3) is 0.444. The van der Waals surface area contributed by atoms with Crippen LogP contribution >= 0.6 is 35.6 Å². The normalized spacial score (nSPS) is 15.9. The molecule has 1 aliphatic carbocycles. The molecule has 0 saturated heterocycles. The molecule has 2 aromatic rings. The summed E-state index contributed by atoms with van der Waals surface area (Å²) in [7, 11) is 3.80. The van der Waals surface area contributed by atoms with E-state index in [-0.39, 0.29) is 29.4 Å². The van der Waals surface area contributed by atoms with Gasteiger partial charge in [-0.1, -0.05) is 35.3 Å². The van der Waals surface area contributed by atoms with E-state index in [4.69, 9.17) is 16.1 Å². The summed E-state index contributed by atoms with van der Waals surface area (Å²) < 4.78 is 4.89. The molecule has 0 unspecified atom stereocenters. The summed E-state index contributed by atoms with van der Waals surface area (Å²) in [6, 6.07) is 10.1. The minimum atomic E-state index is 0. The molecule has 7 heteroatoms. The van der Waals surface area contributed by atoms with Crippen molar-refractivity contribution in [2.75, 3.05) is 20.6 Å². The number of hydrogen-bond acceptors (Lipinski definition) is 3. The van der Waals surface area contributed by atoms with Gasteiger partial charge in [0.2, 0.25) is 0 Å². The number of benzene rings is 1. The molecule has 0 amide bonds. The third kappa shape index (κ3) is 4.67. The number of nitrogens with zero attached hydrogens (tertiary/aromatic N) is 3. The summed E-state index contributed by atoms with van der Waals surface area (Å²) in [5.41, 5.74) is 2.41. The molecule has 25 heavy (non-hydrogen) atoms. The zero-order valence-corrected chi connectivity index (χ0v) is 17.6. The number of halogens is 2. The van der Waals surface area contributed by atoms with Crippen LogP contribution in [0.4, 0.5) is 0 Å². The van der Waals surface area contributed by atoms with Crippen molar-refractivity contribution in [3.8, 4) is 0 Å². The summed E-state index contributed by atoms with van der Waals surface area (Å²) in [5, 5.41) is 8.26. The van der Waals surface area contributed by atoms with Crippen molar-refractivity contribution in [1.29, 1.82) is 0 Å². The maximum Gasteiger partial charge on any atom is 0.193 e. The lowest BCUT2D eigenvalue weighted by molar-refractivity contribution is 0.241. The van der Waals surface area contributed by atoms with E-state index in [0.29, 0.717) is 6.54 Å². The zero-order chi connectivity index (χ0) is 17.0. The van der Waals surface area contributed by atoms with E-state index in [1.54, 1.807) is 13.3 Å². The molecule has 1 fully saturated rings. The number of aromatic nitrogens is 1. The second kappa shape index (κ2) is 8.89. The monoisotopic (exact) mass is 474 g/mol. The van der Waals surface area contributed by atoms with E-state index < -0.39 is 0 Å². The third-order valence-corrected chi connectivity index (χ3v) is 5.07. The van der Waals surface area contributed by atoms with Gasteiger partial charge in [-0.05, 0) is 30.5 Å². The third-order valence-electron chi connectivity index (χ3n) is 4.82. The van der Waals surface area contributed by atoms with Crippen molar-refractivity contribution in [2.45, 2.75) is 31.2 Å². The standard InChI is InChI=1S/C18H23ClN4O.HI/c1-20-17(23(2)12-16-8-11-24-22-16)21-13-18(9-3-10-18)14-4-6-15(19)7-5-14;/h4-8,11H,3,9-10,12-13H2,1-2H3,(H,20,21);1H. The number of rotatable bonds is 5. The van der Waals surface area contributed by atoms with Gasteiger partial charge in [-0.25, -0.2) is 0 Å². The van der Waals surface area contributed by atoms with Crippen molar-refractivity contribution >= 4 is 41.5 Å². The van der Waals surface area contributed by atoms with Gasteiger partial charge in [0.05, 0.1) is 6.54 Å². The number of hydrogen-bond donors (Lipinski definition) is 1. The molecule has 1 aromatic carbocycles. The van der Waals surface area contributed by atoms with Gasteiger partial charge in [0.1, 0.15) is 12.0 Å². The highest BCUT2D eigenvalue weighted by Crippen LogP contribution is 2.43. The fourth-order valence-electron chi connectivity index (χ4n) is 3.24. The summed E-state index contributed by atoms with van der Waals surface area (Å²) in [4.78, 5) is 6.44. The lowest BCUT2D eigenvalue weighted by atomic mass is 9.64. The van der Waals surface area contributed by atoms with Gasteiger partial charge in [0.25, 0.3) is 0 Å². The smallest absolute Gasteiger partial charge is 0.193 e. The van der Waals surface area contributed by atoms with Gasteiger partial charge < -0.3 is 14.7 Å². The first-order valence-corrected chi connectivity index (χ1v) is 8.58. The maximum absolute atomic E-state index is 6.03. The first-order valence-electron chi connectivity index (χ1n) is 8.20. The van der Waals surface area contributed by atoms with Crippen LogP contribution in [0, 0.1) is 0 Å². The Bertz CT molecular complexity index is 684. The summed E-state index contributed by atoms with van der Waals surface area (Å²) in [5.74, 6) is 0.859. The topological polar surface area (TPSA) is 53.7 Å². The molecular weight excluding hydrogens is 451 g/mol. The predicted octanol–water partition coefficient (Wildman–Crippen LogP) is 4.08. The fourth-order valence-corrected chi connectivity index (χ4v) is 3.37. The summed E-state index contributed by atoms with van der Waals surface area (Å²) in [6.45, 7) is 1.52. The zero-order valence-electron chi connectivity index (χ0n) is 14.5. The van der Waals surface area contributed by atoms with Crippen LogP contribution in [0.25, 0.3) is 0 Å². The van der Waals surface area contributed by atoms with Crippen molar-refractivity contribution in [3.05, 3.63) is 52.9 Å².